The van der Waals surface area contributed by atoms with Crippen molar-refractivity contribution >= 4 is 22.8 Å². The Balaban J connectivity index is 0.0000238. The Hall–Kier alpha value is -2.17. The first-order valence-corrected chi connectivity index (χ1v) is 30.5. The molecule has 396 valence electrons. The summed E-state index contributed by atoms with van der Waals surface area (Å²) in [5.74, 6) is 7.33. The van der Waals surface area contributed by atoms with E-state index in [1.165, 1.54) is 273 Å². The number of aliphatic imine (C=N–C) groups is 2. The fourth-order valence-electron chi connectivity index (χ4n) is 9.94. The Morgan fingerprint density at radius 1 is 0.333 bits per heavy atom. The molecule has 0 saturated carbocycles. The molecule has 0 aliphatic rings. The monoisotopic (exact) mass is 991 g/mol. The minimum Gasteiger partial charge on any atom is -0.251 e. The van der Waals surface area contributed by atoms with Gasteiger partial charge < -0.3 is 0 Å². The minimum atomic E-state index is 0. The van der Waals surface area contributed by atoms with Crippen molar-refractivity contribution in [1.82, 2.24) is 0 Å². The minimum absolute atomic E-state index is 0. The van der Waals surface area contributed by atoms with Crippen LogP contribution in [0.2, 0.25) is 0 Å². The number of unbranched alkanes of at least 4 members (excludes halogenated alkanes) is 33. The van der Waals surface area contributed by atoms with Crippen molar-refractivity contribution in [2.24, 2.45) is 9.98 Å². The van der Waals surface area contributed by atoms with Crippen molar-refractivity contribution in [3.05, 3.63) is 58.7 Å². The summed E-state index contributed by atoms with van der Waals surface area (Å²) >= 11 is 0. The van der Waals surface area contributed by atoms with E-state index in [4.69, 9.17) is 9.98 Å². The quantitative estimate of drug-likeness (QED) is 0.0273. The average molecular weight is 992 g/mol. The smallest absolute Gasteiger partial charge is 0.135 e. The molecule has 2 nitrogen and oxygen atoms in total. The molecule has 0 fully saturated rings. The summed E-state index contributed by atoms with van der Waals surface area (Å²) in [5.41, 5.74) is 10.2. The zero-order valence-corrected chi connectivity index (χ0v) is 47.8. The van der Waals surface area contributed by atoms with Gasteiger partial charge in [0.05, 0.1) is 17.1 Å². The molecule has 0 aliphatic heterocycles. The largest absolute Gasteiger partial charge is 0.251 e. The molecular formula is C66H112N2Ni. The molecule has 0 atom stereocenters. The fourth-order valence-corrected chi connectivity index (χ4v) is 9.94. The van der Waals surface area contributed by atoms with E-state index in [1.54, 1.807) is 0 Å². The van der Waals surface area contributed by atoms with Gasteiger partial charge in [0.1, 0.15) is 5.71 Å². The van der Waals surface area contributed by atoms with Gasteiger partial charge in [0.25, 0.3) is 0 Å². The van der Waals surface area contributed by atoms with Crippen LogP contribution in [-0.4, -0.2) is 11.4 Å². The van der Waals surface area contributed by atoms with Crippen molar-refractivity contribution in [1.29, 1.82) is 0 Å². The molecule has 0 spiro atoms. The second-order valence-corrected chi connectivity index (χ2v) is 21.0. The van der Waals surface area contributed by atoms with Crippen LogP contribution in [0.25, 0.3) is 0 Å². The van der Waals surface area contributed by atoms with Gasteiger partial charge in [0.2, 0.25) is 0 Å². The molecule has 0 saturated heterocycles. The molecule has 0 N–H and O–H groups in total. The van der Waals surface area contributed by atoms with Gasteiger partial charge in [-0.2, -0.15) is 0 Å². The van der Waals surface area contributed by atoms with E-state index in [9.17, 15) is 0 Å². The van der Waals surface area contributed by atoms with E-state index in [-0.39, 0.29) is 16.5 Å². The van der Waals surface area contributed by atoms with Crippen molar-refractivity contribution in [3.8, 4) is 11.8 Å². The first-order chi connectivity index (χ1) is 33.6. The summed E-state index contributed by atoms with van der Waals surface area (Å²) < 4.78 is 0. The van der Waals surface area contributed by atoms with Crippen LogP contribution in [0.1, 0.15) is 321 Å². The second kappa shape index (κ2) is 48.1. The third-order valence-electron chi connectivity index (χ3n) is 14.5. The molecule has 0 heterocycles. The molecule has 0 radical (unpaired) electrons. The number of rotatable bonds is 46. The van der Waals surface area contributed by atoms with E-state index in [1.807, 2.05) is 0 Å². The van der Waals surface area contributed by atoms with Gasteiger partial charge in [0, 0.05) is 22.9 Å². The van der Waals surface area contributed by atoms with Crippen LogP contribution in [0, 0.1) is 11.8 Å². The summed E-state index contributed by atoms with van der Waals surface area (Å²) in [6.45, 7) is 13.8. The van der Waals surface area contributed by atoms with E-state index in [2.05, 4.69) is 89.8 Å². The van der Waals surface area contributed by atoms with Crippen LogP contribution in [0.5, 0.6) is 0 Å². The Labute approximate surface area is 441 Å². The van der Waals surface area contributed by atoms with Gasteiger partial charge in [-0.3, -0.25) is 4.99 Å². The first kappa shape index (κ1) is 64.8. The van der Waals surface area contributed by atoms with Crippen LogP contribution >= 0.6 is 0 Å². The SMILES string of the molecule is CCCCCCCCCCCCCCCCCCCCCCCCCC#CC(=N\c1ccc(CCCCC)c(CCCCC)c1)/C(CCCCC)=N/c1ccc(CCCCC)c(CCCCC)c1.[Ni]. The maximum Gasteiger partial charge on any atom is 0.135 e. The van der Waals surface area contributed by atoms with E-state index >= 15 is 0 Å². The van der Waals surface area contributed by atoms with Crippen LogP contribution in [-0.2, 0) is 42.2 Å². The van der Waals surface area contributed by atoms with E-state index in [0.29, 0.717) is 0 Å². The third kappa shape index (κ3) is 34.8. The molecule has 0 bridgehead atoms. The third-order valence-corrected chi connectivity index (χ3v) is 14.5. The predicted octanol–water partition coefficient (Wildman–Crippen LogP) is 22.4. The first-order valence-electron chi connectivity index (χ1n) is 30.5. The maximum atomic E-state index is 5.50. The van der Waals surface area contributed by atoms with Crippen molar-refractivity contribution in [2.75, 3.05) is 0 Å². The predicted molar refractivity (Wildman–Crippen MR) is 308 cm³/mol. The number of aryl methyl sites for hydroxylation is 4. The number of hydrogen-bond donors (Lipinski definition) is 0. The Morgan fingerprint density at radius 3 is 1.01 bits per heavy atom. The molecule has 2 aromatic rings. The van der Waals surface area contributed by atoms with E-state index in [0.717, 1.165) is 54.9 Å². The maximum absolute atomic E-state index is 5.50. The number of hydrogen-bond acceptors (Lipinski definition) is 2. The van der Waals surface area contributed by atoms with Gasteiger partial charge in [-0.15, -0.1) is 0 Å². The summed E-state index contributed by atoms with van der Waals surface area (Å²) in [6.07, 6.45) is 57.9. The molecule has 3 heteroatoms. The number of nitrogens with zero attached hydrogens (tertiary/aromatic N) is 2. The Kier molecular flexibility index (Phi) is 45.2. The zero-order chi connectivity index (χ0) is 48.8. The molecule has 0 amide bonds. The Bertz CT molecular complexity index is 1590. The fraction of sp³-hybridized carbons (Fsp3) is 0.758. The van der Waals surface area contributed by atoms with Crippen LogP contribution in [0.15, 0.2) is 46.4 Å². The zero-order valence-electron chi connectivity index (χ0n) is 46.8. The average Bonchev–Trinajstić information content (AvgIpc) is 3.34. The Morgan fingerprint density at radius 2 is 0.638 bits per heavy atom. The summed E-state index contributed by atoms with van der Waals surface area (Å²) in [6, 6.07) is 14.2. The van der Waals surface area contributed by atoms with Gasteiger partial charge >= 0.3 is 0 Å². The molecular weight excluding hydrogens is 879 g/mol. The summed E-state index contributed by atoms with van der Waals surface area (Å²) in [7, 11) is 0. The standard InChI is InChI=1S/C66H112N2.Ni/c1-7-13-19-20-21-22-23-24-25-26-27-28-29-30-31-32-33-34-35-36-37-38-39-40-46-52-66(68-64-56-54-60(48-42-15-9-3)62(58-64)50-44-17-11-5)65(51-45-18-12-6)67-63-55-53-59(47-41-14-8-2)61(57-63)49-43-16-10-4;/h53-58H,7-45,47-51H2,1-6H3;/b67-65+,68-66+;. The van der Waals surface area contributed by atoms with Crippen LogP contribution < -0.4 is 0 Å². The van der Waals surface area contributed by atoms with Crippen molar-refractivity contribution in [3.63, 3.8) is 0 Å². The molecule has 69 heavy (non-hydrogen) atoms. The second-order valence-electron chi connectivity index (χ2n) is 21.0. The molecule has 0 unspecified atom stereocenters. The normalized spacial score (nSPS) is 11.8. The molecule has 0 aliphatic carbocycles. The topological polar surface area (TPSA) is 24.7 Å². The van der Waals surface area contributed by atoms with Crippen molar-refractivity contribution in [2.45, 2.75) is 324 Å². The van der Waals surface area contributed by atoms with Gasteiger partial charge in [-0.05, 0) is 123 Å². The molecule has 2 aromatic carbocycles. The van der Waals surface area contributed by atoms with Crippen molar-refractivity contribution < 1.29 is 16.5 Å². The van der Waals surface area contributed by atoms with Gasteiger partial charge in [-0.1, -0.05) is 265 Å². The molecule has 0 aromatic heterocycles. The van der Waals surface area contributed by atoms with Crippen LogP contribution in [0.3, 0.4) is 0 Å². The van der Waals surface area contributed by atoms with Gasteiger partial charge in [0.15, 0.2) is 0 Å². The van der Waals surface area contributed by atoms with Gasteiger partial charge in [-0.25, -0.2) is 4.99 Å². The molecule has 2 rings (SSSR count). The summed E-state index contributed by atoms with van der Waals surface area (Å²) in [4.78, 5) is 11.0. The number of benzene rings is 2. The summed E-state index contributed by atoms with van der Waals surface area (Å²) in [5, 5.41) is 0. The van der Waals surface area contributed by atoms with E-state index < -0.39 is 0 Å². The van der Waals surface area contributed by atoms with Crippen LogP contribution in [0.4, 0.5) is 11.4 Å².